The lowest BCUT2D eigenvalue weighted by atomic mass is 10.2. The predicted octanol–water partition coefficient (Wildman–Crippen LogP) is 3.41. The lowest BCUT2D eigenvalue weighted by molar-refractivity contribution is -0.138. The molecule has 1 aromatic carbocycles. The molecule has 0 aromatic heterocycles. The maximum Gasteiger partial charge on any atom is 0.417 e. The van der Waals surface area contributed by atoms with Crippen molar-refractivity contribution in [2.24, 2.45) is 0 Å². The number of hydrogen-bond acceptors (Lipinski definition) is 2. The lowest BCUT2D eigenvalue weighted by Crippen LogP contribution is -2.08. The highest BCUT2D eigenvalue weighted by Gasteiger charge is 2.34. The van der Waals surface area contributed by atoms with Crippen molar-refractivity contribution in [3.05, 3.63) is 28.0 Å². The fraction of sp³-hybridized carbons (Fsp3) is 0.143. The third kappa shape index (κ3) is 2.16. The maximum atomic E-state index is 12.7. The largest absolute Gasteiger partial charge is 0.417 e. The highest BCUT2D eigenvalue weighted by Crippen LogP contribution is 2.38. The summed E-state index contributed by atoms with van der Waals surface area (Å²) in [6.07, 6.45) is -4.67. The fourth-order valence-electron chi connectivity index (χ4n) is 0.877. The van der Waals surface area contributed by atoms with Gasteiger partial charge in [-0.05, 0) is 22.0 Å². The van der Waals surface area contributed by atoms with Crippen LogP contribution in [0.1, 0.15) is 5.56 Å². The van der Waals surface area contributed by atoms with Crippen molar-refractivity contribution in [3.63, 3.8) is 0 Å². The van der Waals surface area contributed by atoms with Crippen molar-refractivity contribution in [1.82, 2.24) is 0 Å². The van der Waals surface area contributed by atoms with Gasteiger partial charge >= 0.3 is 6.18 Å². The van der Waals surface area contributed by atoms with Gasteiger partial charge in [0, 0.05) is 6.07 Å². The Labute approximate surface area is 84.6 Å². The van der Waals surface area contributed by atoms with Gasteiger partial charge in [0.15, 0.2) is 0 Å². The molecule has 78 valence electrons. The minimum Gasteiger partial charge on any atom is -0.291 e. The van der Waals surface area contributed by atoms with Crippen LogP contribution in [-0.2, 0) is 6.18 Å². The van der Waals surface area contributed by atoms with Crippen LogP contribution in [0.5, 0.6) is 0 Å². The number of nitrogens with one attached hydrogen (secondary N) is 1. The summed E-state index contributed by atoms with van der Waals surface area (Å²) < 4.78 is 48.9. The van der Waals surface area contributed by atoms with Gasteiger partial charge < -0.3 is 0 Å². The Hall–Kier alpha value is -0.820. The lowest BCUT2D eigenvalue weighted by Gasteiger charge is -2.11. The van der Waals surface area contributed by atoms with Crippen LogP contribution >= 0.6 is 15.9 Å². The smallest absolute Gasteiger partial charge is 0.291 e. The van der Waals surface area contributed by atoms with E-state index in [2.05, 4.69) is 15.9 Å². The van der Waals surface area contributed by atoms with Crippen LogP contribution in [-0.4, -0.2) is 5.21 Å². The van der Waals surface area contributed by atoms with E-state index in [1.807, 2.05) is 0 Å². The maximum absolute atomic E-state index is 12.7. The molecule has 7 heteroatoms. The van der Waals surface area contributed by atoms with E-state index in [1.165, 1.54) is 5.48 Å². The minimum absolute atomic E-state index is 0.338. The molecule has 0 fully saturated rings. The van der Waals surface area contributed by atoms with Crippen molar-refractivity contribution >= 4 is 21.6 Å². The van der Waals surface area contributed by atoms with Crippen molar-refractivity contribution in [2.45, 2.75) is 6.18 Å². The molecule has 0 atom stereocenters. The highest BCUT2D eigenvalue weighted by molar-refractivity contribution is 9.10. The third-order valence-electron chi connectivity index (χ3n) is 1.46. The first kappa shape index (κ1) is 11.3. The molecule has 14 heavy (non-hydrogen) atoms. The van der Waals surface area contributed by atoms with Gasteiger partial charge in [-0.3, -0.25) is 10.7 Å². The van der Waals surface area contributed by atoms with Gasteiger partial charge in [0.2, 0.25) is 0 Å². The second-order valence-electron chi connectivity index (χ2n) is 2.42. The minimum atomic E-state index is -4.67. The van der Waals surface area contributed by atoms with Crippen LogP contribution in [0.15, 0.2) is 16.6 Å². The quantitative estimate of drug-likeness (QED) is 0.607. The second kappa shape index (κ2) is 3.74. The standard InChI is InChI=1S/C7H4BrF4NO/c8-6-4(7(10,11)12)1-3(9)2-5(6)13-14/h1-2,13-14H. The van der Waals surface area contributed by atoms with Crippen LogP contribution < -0.4 is 5.48 Å². The van der Waals surface area contributed by atoms with E-state index in [1.54, 1.807) is 0 Å². The van der Waals surface area contributed by atoms with Gasteiger partial charge in [-0.25, -0.2) is 4.39 Å². The molecule has 0 aliphatic rings. The van der Waals surface area contributed by atoms with E-state index in [0.717, 1.165) is 6.07 Å². The average molecular weight is 274 g/mol. The molecule has 0 spiro atoms. The highest BCUT2D eigenvalue weighted by atomic mass is 79.9. The molecule has 0 radical (unpaired) electrons. The summed E-state index contributed by atoms with van der Waals surface area (Å²) in [4.78, 5) is 0. The first-order chi connectivity index (χ1) is 6.36. The first-order valence-corrected chi connectivity index (χ1v) is 4.12. The van der Waals surface area contributed by atoms with Crippen LogP contribution in [0.2, 0.25) is 0 Å². The van der Waals surface area contributed by atoms with E-state index < -0.39 is 22.0 Å². The van der Waals surface area contributed by atoms with Crippen LogP contribution in [0.4, 0.5) is 23.2 Å². The molecule has 0 aliphatic carbocycles. The summed E-state index contributed by atoms with van der Waals surface area (Å²) in [5, 5.41) is 8.42. The van der Waals surface area contributed by atoms with E-state index in [4.69, 9.17) is 5.21 Å². The first-order valence-electron chi connectivity index (χ1n) is 3.32. The van der Waals surface area contributed by atoms with Gasteiger partial charge in [0.25, 0.3) is 0 Å². The summed E-state index contributed by atoms with van der Waals surface area (Å²) in [6, 6.07) is 1.07. The van der Waals surface area contributed by atoms with Gasteiger partial charge in [-0.2, -0.15) is 13.2 Å². The Kier molecular flexibility index (Phi) is 3.01. The zero-order valence-corrected chi connectivity index (χ0v) is 8.08. The third-order valence-corrected chi connectivity index (χ3v) is 2.32. The fourth-order valence-corrected chi connectivity index (χ4v) is 1.42. The summed E-state index contributed by atoms with van der Waals surface area (Å²) in [6.45, 7) is 0. The summed E-state index contributed by atoms with van der Waals surface area (Å²) in [5.74, 6) is -1.09. The molecular weight excluding hydrogens is 270 g/mol. The van der Waals surface area contributed by atoms with Crippen molar-refractivity contribution < 1.29 is 22.8 Å². The molecule has 0 bridgehead atoms. The zero-order chi connectivity index (χ0) is 10.9. The number of halogens is 5. The monoisotopic (exact) mass is 273 g/mol. The molecule has 1 aromatic rings. The molecule has 2 nitrogen and oxygen atoms in total. The number of rotatable bonds is 1. The van der Waals surface area contributed by atoms with Gasteiger partial charge in [-0.15, -0.1) is 0 Å². The van der Waals surface area contributed by atoms with E-state index in [9.17, 15) is 17.6 Å². The topological polar surface area (TPSA) is 32.3 Å². The van der Waals surface area contributed by atoms with Crippen LogP contribution in [0.3, 0.4) is 0 Å². The van der Waals surface area contributed by atoms with E-state index in [0.29, 0.717) is 6.07 Å². The summed E-state index contributed by atoms with van der Waals surface area (Å²) in [7, 11) is 0. The summed E-state index contributed by atoms with van der Waals surface area (Å²) >= 11 is 2.60. The molecule has 2 N–H and O–H groups in total. The molecule has 1 rings (SSSR count). The predicted molar refractivity (Wildman–Crippen MR) is 44.5 cm³/mol. The summed E-state index contributed by atoms with van der Waals surface area (Å²) in [5.41, 5.74) is -0.102. The van der Waals surface area contributed by atoms with Gasteiger partial charge in [0.1, 0.15) is 5.82 Å². The van der Waals surface area contributed by atoms with E-state index >= 15 is 0 Å². The van der Waals surface area contributed by atoms with E-state index in [-0.39, 0.29) is 5.69 Å². The number of anilines is 1. The van der Waals surface area contributed by atoms with Crippen molar-refractivity contribution in [1.29, 1.82) is 0 Å². The van der Waals surface area contributed by atoms with Crippen LogP contribution in [0, 0.1) is 5.82 Å². The molecule has 0 unspecified atom stereocenters. The van der Waals surface area contributed by atoms with Crippen molar-refractivity contribution in [2.75, 3.05) is 5.48 Å². The van der Waals surface area contributed by atoms with Gasteiger partial charge in [-0.1, -0.05) is 0 Å². The number of alkyl halides is 3. The van der Waals surface area contributed by atoms with Gasteiger partial charge in [0.05, 0.1) is 15.7 Å². The Balaban J connectivity index is 3.37. The second-order valence-corrected chi connectivity index (χ2v) is 3.22. The molecule has 0 saturated carbocycles. The Morgan fingerprint density at radius 1 is 1.29 bits per heavy atom. The molecule has 0 heterocycles. The van der Waals surface area contributed by atoms with Crippen LogP contribution in [0.25, 0.3) is 0 Å². The van der Waals surface area contributed by atoms with Crippen molar-refractivity contribution in [3.8, 4) is 0 Å². The average Bonchev–Trinajstić information content (AvgIpc) is 2.06. The Morgan fingerprint density at radius 3 is 2.29 bits per heavy atom. The molecular formula is C7H4BrF4NO. The number of benzene rings is 1. The number of hydrogen-bond donors (Lipinski definition) is 2. The Bertz CT molecular complexity index is 352. The molecule has 0 saturated heterocycles. The SMILES string of the molecule is ONc1cc(F)cc(C(F)(F)F)c1Br. The molecule has 0 amide bonds. The zero-order valence-electron chi connectivity index (χ0n) is 6.49. The molecule has 0 aliphatic heterocycles. The normalized spacial score (nSPS) is 11.6. The Morgan fingerprint density at radius 2 is 1.86 bits per heavy atom.